The second-order valence-corrected chi connectivity index (χ2v) is 1.81. The Morgan fingerprint density at radius 2 is 1.42 bits per heavy atom. The maximum atomic E-state index is 9.75. The summed E-state index contributed by atoms with van der Waals surface area (Å²) in [7, 11) is 0. The van der Waals surface area contributed by atoms with E-state index in [1.165, 1.54) is 13.3 Å². The molecule has 0 saturated carbocycles. The molecule has 3 heteroatoms. The largest absolute Gasteiger partial charge is 0.358 e. The van der Waals surface area contributed by atoms with Crippen molar-refractivity contribution in [3.8, 4) is 0 Å². The Morgan fingerprint density at radius 3 is 1.42 bits per heavy atom. The van der Waals surface area contributed by atoms with E-state index >= 15 is 0 Å². The Morgan fingerprint density at radius 1 is 1.25 bits per heavy atom. The average Bonchev–Trinajstić information content (AvgIpc) is 1.89. The van der Waals surface area contributed by atoms with E-state index in [-0.39, 0.29) is 101 Å². The minimum absolute atomic E-state index is 0. The van der Waals surface area contributed by atoms with Crippen molar-refractivity contribution in [2.45, 2.75) is 33.1 Å². The summed E-state index contributed by atoms with van der Waals surface area (Å²) in [5.41, 5.74) is 0. The molecule has 0 aromatic carbocycles. The Labute approximate surface area is 150 Å². The van der Waals surface area contributed by atoms with E-state index in [1.807, 2.05) is 0 Å². The fraction of sp³-hybridized carbons (Fsp3) is 0.556. The first-order valence-electron chi connectivity index (χ1n) is 3.26. The second-order valence-electron chi connectivity index (χ2n) is 1.81. The fourth-order valence-corrected chi connectivity index (χ4v) is 0. The summed E-state index contributed by atoms with van der Waals surface area (Å²) in [5.74, 6) is 0.144. The van der Waals surface area contributed by atoms with Gasteiger partial charge in [0.15, 0.2) is 0 Å². The molecular weight excluding hydrogens is 578 g/mol. The van der Waals surface area contributed by atoms with Gasteiger partial charge in [-0.15, -0.1) is 6.42 Å². The molecule has 1 nitrogen and oxygen atoms in total. The van der Waals surface area contributed by atoms with Crippen LogP contribution >= 0.6 is 0 Å². The third-order valence-corrected chi connectivity index (χ3v) is 0.706. The minimum atomic E-state index is 0. The van der Waals surface area contributed by atoms with Crippen LogP contribution in [-0.2, 0) is 4.79 Å². The van der Waals surface area contributed by atoms with E-state index in [2.05, 4.69) is 20.8 Å². The molecule has 0 aliphatic rings. The molecule has 70 valence electrons. The standard InChI is InChI=1S/C4H7O.C4H9.CH3.2Ac/c1-3-4(2)5;1-3-4-2;;;/h1,3H2,2H3;1,3-4H2,2H3;1H3;;/q3*-1;;. The van der Waals surface area contributed by atoms with Crippen LogP contribution in [-0.4, -0.2) is 5.78 Å². The van der Waals surface area contributed by atoms with Crippen LogP contribution in [0.2, 0.25) is 0 Å². The number of unbranched alkanes of at least 4 members (excludes halogenated alkanes) is 1. The first kappa shape index (κ1) is 29.3. The summed E-state index contributed by atoms with van der Waals surface area (Å²) in [5, 5.41) is 0. The second kappa shape index (κ2) is 29.2. The number of carbonyl (C=O) groups is 1. The molecule has 0 aliphatic carbocycles. The first-order valence-corrected chi connectivity index (χ1v) is 3.26. The smallest absolute Gasteiger partial charge is 0.0998 e. The van der Waals surface area contributed by atoms with Crippen LogP contribution < -0.4 is 0 Å². The van der Waals surface area contributed by atoms with Crippen molar-refractivity contribution >= 4 is 5.78 Å². The molecule has 0 aromatic rings. The number of carbonyl (C=O) groups excluding carboxylic acids is 1. The number of hydrogen-bond acceptors (Lipinski definition) is 1. The molecule has 0 amide bonds. The van der Waals surface area contributed by atoms with Crippen molar-refractivity contribution < 1.29 is 92.9 Å². The molecule has 0 unspecified atom stereocenters. The van der Waals surface area contributed by atoms with Crippen LogP contribution in [0.4, 0.5) is 0 Å². The molecule has 0 bridgehead atoms. The summed E-state index contributed by atoms with van der Waals surface area (Å²) in [6.45, 7) is 10.6. The zero-order valence-electron chi connectivity index (χ0n) is 8.60. The van der Waals surface area contributed by atoms with E-state index in [0.717, 1.165) is 6.42 Å². The van der Waals surface area contributed by atoms with Crippen molar-refractivity contribution in [2.24, 2.45) is 0 Å². The SMILES string of the molecule is [Ac].[Ac].[CH2-]CC(C)=O.[CH2-]CCC.[CH3-]. The van der Waals surface area contributed by atoms with Crippen LogP contribution in [0.25, 0.3) is 0 Å². The van der Waals surface area contributed by atoms with Gasteiger partial charge in [0.05, 0.1) is 5.78 Å². The molecule has 0 heterocycles. The van der Waals surface area contributed by atoms with Crippen molar-refractivity contribution in [1.82, 2.24) is 0 Å². The maximum absolute atomic E-state index is 9.75. The predicted molar refractivity (Wildman–Crippen MR) is 47.3 cm³/mol. The Balaban J connectivity index is -0.0000000221. The van der Waals surface area contributed by atoms with Gasteiger partial charge in [-0.3, -0.25) is 0 Å². The van der Waals surface area contributed by atoms with Gasteiger partial charge in [0.25, 0.3) is 0 Å². The normalized spacial score (nSPS) is 5.67. The van der Waals surface area contributed by atoms with Gasteiger partial charge >= 0.3 is 0 Å². The summed E-state index contributed by atoms with van der Waals surface area (Å²) < 4.78 is 0. The van der Waals surface area contributed by atoms with Crippen LogP contribution in [0, 0.1) is 109 Å². The molecule has 0 aliphatic heterocycles. The molecule has 0 atom stereocenters. The van der Waals surface area contributed by atoms with Crippen molar-refractivity contribution in [2.75, 3.05) is 0 Å². The summed E-state index contributed by atoms with van der Waals surface area (Å²) >= 11 is 0. The van der Waals surface area contributed by atoms with E-state index in [4.69, 9.17) is 0 Å². The monoisotopic (exact) mass is 597 g/mol. The van der Waals surface area contributed by atoms with Crippen LogP contribution in [0.3, 0.4) is 0 Å². The third kappa shape index (κ3) is 54.3. The van der Waals surface area contributed by atoms with Gasteiger partial charge < -0.3 is 26.1 Å². The Bertz CT molecular complexity index is 63.5. The zero-order chi connectivity index (χ0) is 7.70. The molecule has 0 N–H and O–H groups in total. The van der Waals surface area contributed by atoms with E-state index in [9.17, 15) is 4.79 Å². The maximum Gasteiger partial charge on any atom is 0.0998 e. The molecular formula is C9H19Ac2O-3. The van der Waals surface area contributed by atoms with E-state index in [1.54, 1.807) is 0 Å². The quantitative estimate of drug-likeness (QED) is 0.448. The summed E-state index contributed by atoms with van der Waals surface area (Å²) in [4.78, 5) is 9.75. The van der Waals surface area contributed by atoms with E-state index < -0.39 is 0 Å². The van der Waals surface area contributed by atoms with Gasteiger partial charge in [-0.25, -0.2) is 0 Å². The van der Waals surface area contributed by atoms with Gasteiger partial charge in [0.1, 0.15) is 0 Å². The average molecular weight is 597 g/mol. The predicted octanol–water partition coefficient (Wildman–Crippen LogP) is 2.87. The number of rotatable bonds is 2. The molecule has 0 saturated heterocycles. The van der Waals surface area contributed by atoms with Gasteiger partial charge in [-0.05, 0) is 6.92 Å². The molecule has 12 heavy (non-hydrogen) atoms. The van der Waals surface area contributed by atoms with Crippen LogP contribution in [0.15, 0.2) is 0 Å². The Hall–Kier alpha value is 2.55. The first-order chi connectivity index (χ1) is 4.18. The van der Waals surface area contributed by atoms with Gasteiger partial charge in [-0.2, -0.15) is 6.42 Å². The van der Waals surface area contributed by atoms with E-state index in [0.29, 0.717) is 6.42 Å². The van der Waals surface area contributed by atoms with Gasteiger partial charge in [0.2, 0.25) is 0 Å². The van der Waals surface area contributed by atoms with Crippen LogP contribution in [0.1, 0.15) is 33.1 Å². The number of Topliss-reactive ketones (excluding diaryl/α,β-unsaturated/α-hetero) is 1. The molecule has 2 radical (unpaired) electrons. The summed E-state index contributed by atoms with van der Waals surface area (Å²) in [6, 6.07) is 0. The van der Waals surface area contributed by atoms with Crippen LogP contribution in [0.5, 0.6) is 0 Å². The third-order valence-electron chi connectivity index (χ3n) is 0.706. The van der Waals surface area contributed by atoms with Gasteiger partial charge in [0, 0.05) is 88.1 Å². The van der Waals surface area contributed by atoms with Crippen molar-refractivity contribution in [3.05, 3.63) is 21.3 Å². The molecule has 0 rings (SSSR count). The molecule has 0 fully saturated rings. The number of ketones is 1. The van der Waals surface area contributed by atoms with Gasteiger partial charge in [-0.1, -0.05) is 13.3 Å². The Kier molecular flexibility index (Phi) is 71.3. The summed E-state index contributed by atoms with van der Waals surface area (Å²) in [6.07, 6.45) is 2.69. The molecule has 0 aromatic heterocycles. The minimum Gasteiger partial charge on any atom is -0.358 e. The van der Waals surface area contributed by atoms with Crippen molar-refractivity contribution in [3.63, 3.8) is 0 Å². The topological polar surface area (TPSA) is 17.1 Å². The molecule has 0 spiro atoms. The fourth-order valence-electron chi connectivity index (χ4n) is 0. The number of hydrogen-bond donors (Lipinski definition) is 0. The zero-order valence-corrected chi connectivity index (χ0v) is 18.1. The van der Waals surface area contributed by atoms with Crippen molar-refractivity contribution in [1.29, 1.82) is 0 Å².